The lowest BCUT2D eigenvalue weighted by molar-refractivity contribution is -0.384. The zero-order valence-electron chi connectivity index (χ0n) is 13.8. The van der Waals surface area contributed by atoms with Crippen molar-refractivity contribution < 1.29 is 9.72 Å². The molecule has 6 nitrogen and oxygen atoms in total. The Balaban J connectivity index is 1.96. The Bertz CT molecular complexity index is 812. The highest BCUT2D eigenvalue weighted by molar-refractivity contribution is 6.35. The molecule has 2 rings (SSSR count). The molecule has 0 aliphatic heterocycles. The fraction of sp³-hybridized carbons (Fsp3) is 0.235. The van der Waals surface area contributed by atoms with E-state index in [-0.39, 0.29) is 18.1 Å². The predicted molar refractivity (Wildman–Crippen MR) is 99.3 cm³/mol. The normalized spacial score (nSPS) is 10.8. The number of nitrogens with one attached hydrogen (secondary N) is 1. The average Bonchev–Trinajstić information content (AvgIpc) is 2.51. The van der Waals surface area contributed by atoms with Crippen LogP contribution in [0.1, 0.15) is 11.1 Å². The minimum absolute atomic E-state index is 0.00926. The number of hydrogen-bond acceptors (Lipinski definition) is 4. The third-order valence-corrected chi connectivity index (χ3v) is 4.15. The number of nitro benzene ring substituents is 1. The number of nitrogens with zero attached hydrogens (tertiary/aromatic N) is 2. The Labute approximate surface area is 155 Å². The van der Waals surface area contributed by atoms with Crippen molar-refractivity contribution in [1.29, 1.82) is 0 Å². The van der Waals surface area contributed by atoms with E-state index in [2.05, 4.69) is 5.32 Å². The number of carbonyl (C=O) groups is 1. The van der Waals surface area contributed by atoms with Crippen molar-refractivity contribution in [2.75, 3.05) is 18.9 Å². The molecule has 0 atom stereocenters. The monoisotopic (exact) mass is 381 g/mol. The fourth-order valence-corrected chi connectivity index (χ4v) is 2.80. The van der Waals surface area contributed by atoms with Crippen molar-refractivity contribution >= 4 is 40.5 Å². The number of halogens is 2. The minimum Gasteiger partial charge on any atom is -0.325 e. The maximum absolute atomic E-state index is 12.2. The third-order valence-electron chi connectivity index (χ3n) is 3.56. The lowest BCUT2D eigenvalue weighted by Gasteiger charge is -2.17. The molecule has 0 heterocycles. The molecule has 0 aliphatic rings. The molecule has 25 heavy (non-hydrogen) atoms. The average molecular weight is 382 g/mol. The molecule has 0 aromatic heterocycles. The molecule has 0 spiro atoms. The summed E-state index contributed by atoms with van der Waals surface area (Å²) in [7, 11) is 1.80. The number of benzene rings is 2. The summed E-state index contributed by atoms with van der Waals surface area (Å²) < 4.78 is 0. The fourth-order valence-electron chi connectivity index (χ4n) is 2.33. The van der Waals surface area contributed by atoms with E-state index in [1.54, 1.807) is 26.1 Å². The summed E-state index contributed by atoms with van der Waals surface area (Å²) in [6, 6.07) is 9.54. The van der Waals surface area contributed by atoms with Gasteiger partial charge in [-0.15, -0.1) is 0 Å². The van der Waals surface area contributed by atoms with E-state index in [0.717, 1.165) is 5.56 Å². The van der Waals surface area contributed by atoms with Crippen LogP contribution in [0.15, 0.2) is 36.4 Å². The number of anilines is 1. The van der Waals surface area contributed by atoms with Crippen LogP contribution in [0.2, 0.25) is 10.0 Å². The topological polar surface area (TPSA) is 75.5 Å². The van der Waals surface area contributed by atoms with Crippen molar-refractivity contribution in [2.24, 2.45) is 0 Å². The second-order valence-electron chi connectivity index (χ2n) is 5.71. The van der Waals surface area contributed by atoms with E-state index >= 15 is 0 Å². The SMILES string of the molecule is Cc1cc([N+](=O)[O-])ccc1NC(=O)CN(C)Cc1ccc(Cl)cc1Cl. The first-order chi connectivity index (χ1) is 11.8. The van der Waals surface area contributed by atoms with E-state index < -0.39 is 4.92 Å². The molecular weight excluding hydrogens is 365 g/mol. The quantitative estimate of drug-likeness (QED) is 0.598. The lowest BCUT2D eigenvalue weighted by atomic mass is 10.1. The van der Waals surface area contributed by atoms with Crippen LogP contribution in [0, 0.1) is 17.0 Å². The second-order valence-corrected chi connectivity index (χ2v) is 6.56. The van der Waals surface area contributed by atoms with Crippen LogP contribution in [-0.2, 0) is 11.3 Å². The van der Waals surface area contributed by atoms with Gasteiger partial charge in [-0.2, -0.15) is 0 Å². The molecule has 0 radical (unpaired) electrons. The van der Waals surface area contributed by atoms with Crippen molar-refractivity contribution in [2.45, 2.75) is 13.5 Å². The van der Waals surface area contributed by atoms with Crippen LogP contribution in [0.4, 0.5) is 11.4 Å². The van der Waals surface area contributed by atoms with Gasteiger partial charge in [0.25, 0.3) is 5.69 Å². The maximum atomic E-state index is 12.2. The summed E-state index contributed by atoms with van der Waals surface area (Å²) in [6.45, 7) is 2.35. The number of rotatable bonds is 6. The lowest BCUT2D eigenvalue weighted by Crippen LogP contribution is -2.30. The van der Waals surface area contributed by atoms with Crippen LogP contribution in [0.5, 0.6) is 0 Å². The zero-order chi connectivity index (χ0) is 18.6. The number of hydrogen-bond donors (Lipinski definition) is 1. The van der Waals surface area contributed by atoms with Gasteiger partial charge in [-0.05, 0) is 43.3 Å². The molecule has 0 saturated heterocycles. The molecule has 8 heteroatoms. The van der Waals surface area contributed by atoms with Crippen LogP contribution in [0.3, 0.4) is 0 Å². The molecule has 0 saturated carbocycles. The standard InChI is InChI=1S/C17H17Cl2N3O3/c1-11-7-14(22(24)25)5-6-16(11)20-17(23)10-21(2)9-12-3-4-13(18)8-15(12)19/h3-8H,9-10H2,1-2H3,(H,20,23). The molecular formula is C17H17Cl2N3O3. The summed E-state index contributed by atoms with van der Waals surface area (Å²) in [5.41, 5.74) is 2.04. The molecule has 0 unspecified atom stereocenters. The molecule has 1 amide bonds. The third kappa shape index (κ3) is 5.42. The largest absolute Gasteiger partial charge is 0.325 e. The molecule has 132 valence electrons. The van der Waals surface area contributed by atoms with Crippen LogP contribution in [0.25, 0.3) is 0 Å². The highest BCUT2D eigenvalue weighted by Gasteiger charge is 2.13. The summed E-state index contributed by atoms with van der Waals surface area (Å²) in [6.07, 6.45) is 0. The number of non-ortho nitro benzene ring substituents is 1. The van der Waals surface area contributed by atoms with E-state index in [4.69, 9.17) is 23.2 Å². The zero-order valence-corrected chi connectivity index (χ0v) is 15.3. The van der Waals surface area contributed by atoms with Gasteiger partial charge < -0.3 is 5.32 Å². The van der Waals surface area contributed by atoms with Crippen molar-refractivity contribution in [3.63, 3.8) is 0 Å². The van der Waals surface area contributed by atoms with Crippen LogP contribution < -0.4 is 5.32 Å². The van der Waals surface area contributed by atoms with Gasteiger partial charge in [0.2, 0.25) is 5.91 Å². The van der Waals surface area contributed by atoms with Crippen molar-refractivity contribution in [1.82, 2.24) is 4.90 Å². The Kier molecular flexibility index (Phi) is 6.36. The Hall–Kier alpha value is -2.15. The molecule has 0 bridgehead atoms. The van der Waals surface area contributed by atoms with Gasteiger partial charge in [0, 0.05) is 34.4 Å². The number of amides is 1. The molecule has 0 fully saturated rings. The number of carbonyl (C=O) groups excluding carboxylic acids is 1. The van der Waals surface area contributed by atoms with Gasteiger partial charge in [0.05, 0.1) is 11.5 Å². The van der Waals surface area contributed by atoms with Gasteiger partial charge in [-0.1, -0.05) is 29.3 Å². The van der Waals surface area contributed by atoms with Crippen LogP contribution in [-0.4, -0.2) is 29.3 Å². The molecule has 2 aromatic rings. The predicted octanol–water partition coefficient (Wildman–Crippen LogP) is 4.28. The Morgan fingerprint density at radius 1 is 1.24 bits per heavy atom. The Morgan fingerprint density at radius 2 is 1.96 bits per heavy atom. The highest BCUT2D eigenvalue weighted by atomic mass is 35.5. The maximum Gasteiger partial charge on any atom is 0.269 e. The highest BCUT2D eigenvalue weighted by Crippen LogP contribution is 2.23. The molecule has 2 aromatic carbocycles. The second kappa shape index (κ2) is 8.29. The number of likely N-dealkylation sites (N-methyl/N-ethyl adjacent to an activating group) is 1. The van der Waals surface area contributed by atoms with Gasteiger partial charge in [0.15, 0.2) is 0 Å². The van der Waals surface area contributed by atoms with Gasteiger partial charge in [0.1, 0.15) is 0 Å². The smallest absolute Gasteiger partial charge is 0.269 e. The van der Waals surface area contributed by atoms with Gasteiger partial charge in [-0.25, -0.2) is 0 Å². The van der Waals surface area contributed by atoms with E-state index in [1.165, 1.54) is 18.2 Å². The summed E-state index contributed by atoms with van der Waals surface area (Å²) in [5.74, 6) is -0.218. The van der Waals surface area contributed by atoms with Crippen molar-refractivity contribution in [3.8, 4) is 0 Å². The number of nitro groups is 1. The minimum atomic E-state index is -0.470. The summed E-state index contributed by atoms with van der Waals surface area (Å²) in [5, 5.41) is 14.6. The van der Waals surface area contributed by atoms with Gasteiger partial charge in [-0.3, -0.25) is 19.8 Å². The van der Waals surface area contributed by atoms with Gasteiger partial charge >= 0.3 is 0 Å². The first-order valence-electron chi connectivity index (χ1n) is 7.43. The first kappa shape index (κ1) is 19.2. The van der Waals surface area contributed by atoms with E-state index in [1.807, 2.05) is 11.0 Å². The number of aryl methyl sites for hydroxylation is 1. The molecule has 0 aliphatic carbocycles. The van der Waals surface area contributed by atoms with E-state index in [9.17, 15) is 14.9 Å². The van der Waals surface area contributed by atoms with Crippen molar-refractivity contribution in [3.05, 3.63) is 67.7 Å². The summed E-state index contributed by atoms with van der Waals surface area (Å²) >= 11 is 12.0. The summed E-state index contributed by atoms with van der Waals surface area (Å²) in [4.78, 5) is 24.3. The first-order valence-corrected chi connectivity index (χ1v) is 8.19. The van der Waals surface area contributed by atoms with Crippen LogP contribution >= 0.6 is 23.2 Å². The Morgan fingerprint density at radius 3 is 2.56 bits per heavy atom. The molecule has 1 N–H and O–H groups in total. The van der Waals surface area contributed by atoms with E-state index in [0.29, 0.717) is 27.8 Å².